The molecule has 1 fully saturated rings. The maximum atomic E-state index is 12.8. The number of fused-ring (bicyclic) bond motifs is 3. The van der Waals surface area contributed by atoms with E-state index < -0.39 is 23.9 Å². The average molecular weight is 476 g/mol. The Morgan fingerprint density at radius 2 is 1.77 bits per heavy atom. The van der Waals surface area contributed by atoms with Crippen LogP contribution in [0.1, 0.15) is 47.4 Å². The fourth-order valence-corrected chi connectivity index (χ4v) is 4.97. The molecule has 1 aliphatic carbocycles. The highest BCUT2D eigenvalue weighted by molar-refractivity contribution is 5.92. The van der Waals surface area contributed by atoms with E-state index in [0.29, 0.717) is 19.4 Å². The van der Waals surface area contributed by atoms with Gasteiger partial charge in [0.05, 0.1) is 5.92 Å². The summed E-state index contributed by atoms with van der Waals surface area (Å²) in [4.78, 5) is 42.1. The largest absolute Gasteiger partial charge is 0.481 e. The number of hydrogen-bond acceptors (Lipinski definition) is 6. The summed E-state index contributed by atoms with van der Waals surface area (Å²) in [5, 5.41) is 18.1. The summed E-state index contributed by atoms with van der Waals surface area (Å²) in [5.74, 6) is -1.88. The Labute approximate surface area is 201 Å². The zero-order valence-corrected chi connectivity index (χ0v) is 19.1. The SMILES string of the molecule is CC1CC(C(=O)O)CCN1C(=O)c1nc(NC(=O)OCC2c3ccccc3-c3ccccc32)n[nH]1. The van der Waals surface area contributed by atoms with Gasteiger partial charge in [0, 0.05) is 18.5 Å². The average Bonchev–Trinajstić information content (AvgIpc) is 3.45. The number of nitrogens with zero attached hydrogens (tertiary/aromatic N) is 3. The molecule has 0 saturated carbocycles. The van der Waals surface area contributed by atoms with Gasteiger partial charge >= 0.3 is 12.1 Å². The first-order valence-corrected chi connectivity index (χ1v) is 11.5. The number of aliphatic carboxylic acids is 1. The Bertz CT molecular complexity index is 1240. The lowest BCUT2D eigenvalue weighted by molar-refractivity contribution is -0.143. The molecule has 180 valence electrons. The van der Waals surface area contributed by atoms with Crippen molar-refractivity contribution in [2.24, 2.45) is 5.92 Å². The summed E-state index contributed by atoms with van der Waals surface area (Å²) in [5.41, 5.74) is 4.48. The highest BCUT2D eigenvalue weighted by atomic mass is 16.5. The number of rotatable bonds is 5. The number of carboxylic acid groups (broad SMARTS) is 1. The normalized spacial score (nSPS) is 19.1. The van der Waals surface area contributed by atoms with Gasteiger partial charge in [0.2, 0.25) is 5.82 Å². The Morgan fingerprint density at radius 3 is 2.40 bits per heavy atom. The molecule has 10 heteroatoms. The molecule has 1 aromatic heterocycles. The standard InChI is InChI=1S/C25H25N5O5/c1-14-12-15(23(32)33)10-11-30(14)22(31)21-26-24(29-28-21)27-25(34)35-13-20-18-8-4-2-6-16(18)17-7-3-5-9-19(17)20/h2-9,14-15,20H,10-13H2,1H3,(H,32,33)(H2,26,27,28,29,34). The van der Waals surface area contributed by atoms with E-state index in [0.717, 1.165) is 22.3 Å². The number of nitrogens with one attached hydrogen (secondary N) is 2. The highest BCUT2D eigenvalue weighted by Gasteiger charge is 2.34. The van der Waals surface area contributed by atoms with Gasteiger partial charge in [0.1, 0.15) is 6.61 Å². The summed E-state index contributed by atoms with van der Waals surface area (Å²) in [6.45, 7) is 2.26. The van der Waals surface area contributed by atoms with Gasteiger partial charge in [-0.05, 0) is 42.0 Å². The number of carboxylic acids is 1. The highest BCUT2D eigenvalue weighted by Crippen LogP contribution is 2.44. The lowest BCUT2D eigenvalue weighted by Gasteiger charge is -2.35. The van der Waals surface area contributed by atoms with Crippen LogP contribution in [0.25, 0.3) is 11.1 Å². The van der Waals surface area contributed by atoms with Gasteiger partial charge in [-0.15, -0.1) is 5.10 Å². The van der Waals surface area contributed by atoms with Crippen LogP contribution >= 0.6 is 0 Å². The van der Waals surface area contributed by atoms with Crippen LogP contribution in [0.15, 0.2) is 48.5 Å². The van der Waals surface area contributed by atoms with E-state index in [1.54, 1.807) is 11.8 Å². The Hall–Kier alpha value is -4.21. The number of carbonyl (C=O) groups is 3. The molecule has 0 bridgehead atoms. The topological polar surface area (TPSA) is 138 Å². The Morgan fingerprint density at radius 1 is 1.11 bits per heavy atom. The second-order valence-electron chi connectivity index (χ2n) is 8.87. The molecule has 1 saturated heterocycles. The van der Waals surface area contributed by atoms with E-state index in [1.165, 1.54) is 0 Å². The molecule has 2 amide bonds. The van der Waals surface area contributed by atoms with Gasteiger partial charge in [0.25, 0.3) is 11.9 Å². The number of ether oxygens (including phenoxy) is 1. The van der Waals surface area contributed by atoms with Gasteiger partial charge < -0.3 is 14.7 Å². The summed E-state index contributed by atoms with van der Waals surface area (Å²) >= 11 is 0. The molecule has 1 aliphatic heterocycles. The number of aromatic nitrogens is 3. The lowest BCUT2D eigenvalue weighted by atomic mass is 9.91. The van der Waals surface area contributed by atoms with E-state index >= 15 is 0 Å². The van der Waals surface area contributed by atoms with Gasteiger partial charge in [0.15, 0.2) is 0 Å². The first-order valence-electron chi connectivity index (χ1n) is 11.5. The minimum Gasteiger partial charge on any atom is -0.481 e. The van der Waals surface area contributed by atoms with Crippen molar-refractivity contribution in [1.82, 2.24) is 20.1 Å². The summed E-state index contributed by atoms with van der Waals surface area (Å²) in [7, 11) is 0. The Balaban J connectivity index is 1.20. The zero-order chi connectivity index (χ0) is 24.5. The molecule has 2 aromatic carbocycles. The van der Waals surface area contributed by atoms with Crippen LogP contribution in [0.5, 0.6) is 0 Å². The summed E-state index contributed by atoms with van der Waals surface area (Å²) in [6.07, 6.45) is 0.0327. The van der Waals surface area contributed by atoms with Crippen LogP contribution in [0.2, 0.25) is 0 Å². The predicted octanol–water partition coefficient (Wildman–Crippen LogP) is 3.49. The molecule has 3 aromatic rings. The van der Waals surface area contributed by atoms with Gasteiger partial charge in [-0.25, -0.2) is 4.79 Å². The van der Waals surface area contributed by atoms with Gasteiger partial charge in [-0.2, -0.15) is 4.98 Å². The van der Waals surface area contributed by atoms with E-state index in [1.807, 2.05) is 36.4 Å². The summed E-state index contributed by atoms with van der Waals surface area (Å²) < 4.78 is 5.49. The van der Waals surface area contributed by atoms with E-state index in [9.17, 15) is 19.5 Å². The number of amides is 2. The minimum absolute atomic E-state index is 0.0282. The van der Waals surface area contributed by atoms with Crippen molar-refractivity contribution in [3.05, 3.63) is 65.5 Å². The van der Waals surface area contributed by atoms with Crippen LogP contribution in [0, 0.1) is 5.92 Å². The number of hydrogen-bond donors (Lipinski definition) is 3. The van der Waals surface area contributed by atoms with Crippen molar-refractivity contribution in [2.45, 2.75) is 31.7 Å². The first-order chi connectivity index (χ1) is 16.9. The van der Waals surface area contributed by atoms with Gasteiger partial charge in [-0.1, -0.05) is 48.5 Å². The third-order valence-corrected chi connectivity index (χ3v) is 6.73. The maximum absolute atomic E-state index is 12.8. The molecule has 35 heavy (non-hydrogen) atoms. The van der Waals surface area contributed by atoms with Gasteiger partial charge in [-0.3, -0.25) is 20.0 Å². The molecular formula is C25H25N5O5. The molecule has 3 N–H and O–H groups in total. The van der Waals surface area contributed by atoms with Crippen molar-refractivity contribution in [3.63, 3.8) is 0 Å². The quantitative estimate of drug-likeness (QED) is 0.514. The number of benzene rings is 2. The molecule has 2 aliphatic rings. The summed E-state index contributed by atoms with van der Waals surface area (Å²) in [6, 6.07) is 15.9. The van der Waals surface area contributed by atoms with Crippen molar-refractivity contribution < 1.29 is 24.2 Å². The van der Waals surface area contributed by atoms with Crippen LogP contribution in [0.3, 0.4) is 0 Å². The second-order valence-corrected chi connectivity index (χ2v) is 8.87. The van der Waals surface area contributed by atoms with E-state index in [4.69, 9.17) is 4.74 Å². The van der Waals surface area contributed by atoms with Crippen LogP contribution in [-0.4, -0.2) is 62.4 Å². The smallest absolute Gasteiger partial charge is 0.414 e. The molecule has 2 atom stereocenters. The third kappa shape index (κ3) is 4.34. The third-order valence-electron chi connectivity index (χ3n) is 6.73. The van der Waals surface area contributed by atoms with Crippen molar-refractivity contribution in [2.75, 3.05) is 18.5 Å². The monoisotopic (exact) mass is 475 g/mol. The number of piperidine rings is 1. The molecule has 10 nitrogen and oxygen atoms in total. The van der Waals surface area contributed by atoms with Crippen molar-refractivity contribution in [1.29, 1.82) is 0 Å². The molecular weight excluding hydrogens is 450 g/mol. The maximum Gasteiger partial charge on any atom is 0.414 e. The fourth-order valence-electron chi connectivity index (χ4n) is 4.97. The predicted molar refractivity (Wildman–Crippen MR) is 126 cm³/mol. The van der Waals surface area contributed by atoms with Crippen LogP contribution < -0.4 is 5.32 Å². The Kier molecular flexibility index (Phi) is 5.94. The minimum atomic E-state index is -0.849. The van der Waals surface area contributed by atoms with E-state index in [-0.39, 0.29) is 30.3 Å². The number of anilines is 1. The molecule has 2 heterocycles. The molecule has 0 radical (unpaired) electrons. The molecule has 0 spiro atoms. The zero-order valence-electron chi connectivity index (χ0n) is 19.1. The number of aromatic amines is 1. The lowest BCUT2D eigenvalue weighted by Crippen LogP contribution is -2.46. The van der Waals surface area contributed by atoms with Crippen LogP contribution in [0.4, 0.5) is 10.7 Å². The fraction of sp³-hybridized carbons (Fsp3) is 0.320. The molecule has 2 unspecified atom stereocenters. The number of likely N-dealkylation sites (tertiary alicyclic amines) is 1. The number of H-pyrrole nitrogens is 1. The van der Waals surface area contributed by atoms with Crippen molar-refractivity contribution in [3.8, 4) is 11.1 Å². The first kappa shape index (κ1) is 22.6. The van der Waals surface area contributed by atoms with E-state index in [2.05, 4.69) is 32.6 Å². The van der Waals surface area contributed by atoms with Crippen molar-refractivity contribution >= 4 is 23.9 Å². The van der Waals surface area contributed by atoms with Crippen LogP contribution in [-0.2, 0) is 9.53 Å². The second kappa shape index (κ2) is 9.21. The number of carbonyl (C=O) groups excluding carboxylic acids is 2. The molecule has 5 rings (SSSR count).